The number of para-hydroxylation sites is 1. The Morgan fingerprint density at radius 2 is 1.68 bits per heavy atom. The third-order valence-corrected chi connectivity index (χ3v) is 6.47. The van der Waals surface area contributed by atoms with Gasteiger partial charge in [0.2, 0.25) is 0 Å². The van der Waals surface area contributed by atoms with Crippen molar-refractivity contribution in [1.29, 1.82) is 0 Å². The van der Waals surface area contributed by atoms with Crippen molar-refractivity contribution in [3.8, 4) is 0 Å². The highest BCUT2D eigenvalue weighted by atomic mass is 32.2. The largest absolute Gasteiger partial charge is 0.673 e. The summed E-state index contributed by atoms with van der Waals surface area (Å²) in [4.78, 5) is 0. The Balaban J connectivity index is 0.00000103. The van der Waals surface area contributed by atoms with Crippen LogP contribution in [0.1, 0.15) is 50.3 Å². The molecule has 0 bridgehead atoms. The Morgan fingerprint density at radius 3 is 2.27 bits per heavy atom. The lowest BCUT2D eigenvalue weighted by atomic mass is 9.87. The molecule has 0 radical (unpaired) electrons. The van der Waals surface area contributed by atoms with Gasteiger partial charge in [0.15, 0.2) is 0 Å². The zero-order valence-electron chi connectivity index (χ0n) is 22.7. The van der Waals surface area contributed by atoms with Crippen LogP contribution < -0.4 is 16.3 Å². The summed E-state index contributed by atoms with van der Waals surface area (Å²) in [6, 6.07) is 15.8. The second kappa shape index (κ2) is 14.3. The van der Waals surface area contributed by atoms with Crippen molar-refractivity contribution in [2.24, 2.45) is 5.41 Å². The monoisotopic (exact) mass is 582 g/mol. The smallest absolute Gasteiger partial charge is 0.418 e. The number of hydrogen-bond acceptors (Lipinski definition) is 4. The van der Waals surface area contributed by atoms with Gasteiger partial charge in [-0.25, -0.2) is 5.41 Å². The van der Waals surface area contributed by atoms with E-state index in [1.165, 1.54) is 0 Å². The van der Waals surface area contributed by atoms with Crippen LogP contribution in [-0.4, -0.2) is 26.0 Å². The van der Waals surface area contributed by atoms with Gasteiger partial charge in [0.1, 0.15) is 5.58 Å². The van der Waals surface area contributed by atoms with Crippen molar-refractivity contribution in [2.75, 3.05) is 11.1 Å². The summed E-state index contributed by atoms with van der Waals surface area (Å²) in [5, 5.41) is 10.6. The Bertz CT molecular complexity index is 1470. The molecular weight excluding hydrogens is 547 g/mol. The van der Waals surface area contributed by atoms with Crippen molar-refractivity contribution >= 4 is 40.1 Å². The van der Waals surface area contributed by atoms with Crippen LogP contribution in [-0.2, 0) is 23.0 Å². The predicted molar refractivity (Wildman–Crippen MR) is 152 cm³/mol. The van der Waals surface area contributed by atoms with Crippen molar-refractivity contribution < 1.29 is 40.1 Å². The number of fused-ring (bicyclic) bond motifs is 1. The van der Waals surface area contributed by atoms with Crippen LogP contribution in [0.4, 0.5) is 23.0 Å². The third-order valence-electron chi connectivity index (χ3n) is 5.67. The Hall–Kier alpha value is -3.38. The van der Waals surface area contributed by atoms with E-state index in [-0.39, 0.29) is 11.2 Å². The maximum atomic E-state index is 11.0. The summed E-state index contributed by atoms with van der Waals surface area (Å²) >= 11 is 0. The summed E-state index contributed by atoms with van der Waals surface area (Å²) in [6.45, 7) is 6.61. The third kappa shape index (κ3) is 13.1. The highest BCUT2D eigenvalue weighted by Gasteiger charge is 2.20. The zero-order valence-corrected chi connectivity index (χ0v) is 23.5. The molecule has 0 saturated heterocycles. The SMILES string of the molecule is CC(C)(C)CCc1c(C=CC=CNc2ccccc2)c2ccc(CCCS(=O)(=O)O)cc2oc1=[NH2+].F[B-](F)(F)F. The van der Waals surface area contributed by atoms with E-state index >= 15 is 0 Å². The number of allylic oxidation sites excluding steroid dienone is 2. The first-order valence-corrected chi connectivity index (χ1v) is 14.3. The Kier molecular flexibility index (Phi) is 11.7. The summed E-state index contributed by atoms with van der Waals surface area (Å²) in [5.41, 5.74) is 5.12. The molecule has 6 nitrogen and oxygen atoms in total. The van der Waals surface area contributed by atoms with Gasteiger partial charge >= 0.3 is 12.8 Å². The van der Waals surface area contributed by atoms with Crippen LogP contribution >= 0.6 is 0 Å². The standard InChI is InChI=1S/C28H34N2O4S.BF4/c1-28(2,3)17-16-25-23(13-7-8-18-30-22-11-5-4-6-12-22)24-15-14-21(10-9-19-35(31,32)33)20-26(24)34-27(25)29;2-1(3,4)5/h4-8,11-15,18,20,29-30H,9-10,16-17,19H2,1-3H3,(H,31,32,33);/q;-1/p+1. The number of rotatable bonds is 10. The molecule has 0 unspecified atom stereocenters. The van der Waals surface area contributed by atoms with Crippen molar-refractivity contribution in [2.45, 2.75) is 46.5 Å². The molecule has 2 aromatic carbocycles. The van der Waals surface area contributed by atoms with Crippen molar-refractivity contribution in [3.63, 3.8) is 0 Å². The minimum atomic E-state index is -6.00. The van der Waals surface area contributed by atoms with E-state index in [2.05, 4.69) is 26.1 Å². The molecule has 1 aromatic heterocycles. The lowest BCUT2D eigenvalue weighted by molar-refractivity contribution is -0.198. The van der Waals surface area contributed by atoms with Crippen LogP contribution in [0.3, 0.4) is 0 Å². The first-order chi connectivity index (χ1) is 18.5. The average molecular weight is 582 g/mol. The minimum absolute atomic E-state index is 0.152. The molecule has 40 heavy (non-hydrogen) atoms. The van der Waals surface area contributed by atoms with Crippen LogP contribution in [0, 0.1) is 5.41 Å². The van der Waals surface area contributed by atoms with Gasteiger partial charge in [0, 0.05) is 17.3 Å². The highest BCUT2D eigenvalue weighted by Crippen LogP contribution is 2.27. The number of aryl methyl sites for hydroxylation is 1. The van der Waals surface area contributed by atoms with E-state index in [0.29, 0.717) is 24.0 Å². The molecule has 3 aromatic rings. The van der Waals surface area contributed by atoms with Crippen LogP contribution in [0.25, 0.3) is 17.0 Å². The van der Waals surface area contributed by atoms with Crippen LogP contribution in [0.15, 0.2) is 71.3 Å². The van der Waals surface area contributed by atoms with Gasteiger partial charge in [-0.05, 0) is 66.5 Å². The molecule has 0 aliphatic rings. The van der Waals surface area contributed by atoms with Gasteiger partial charge in [0.05, 0.1) is 11.3 Å². The van der Waals surface area contributed by atoms with Gasteiger partial charge < -0.3 is 27.0 Å². The number of halogens is 4. The Morgan fingerprint density at radius 1 is 1.02 bits per heavy atom. The molecule has 12 heteroatoms. The molecule has 0 aliphatic heterocycles. The lowest BCUT2D eigenvalue weighted by Crippen LogP contribution is -2.47. The summed E-state index contributed by atoms with van der Waals surface area (Å²) < 4.78 is 76.0. The second-order valence-electron chi connectivity index (χ2n) is 10.4. The molecule has 4 N–H and O–H groups in total. The normalized spacial score (nSPS) is 12.6. The number of anilines is 1. The molecular formula is C28H35BF4N2O4S. The maximum absolute atomic E-state index is 11.0. The van der Waals surface area contributed by atoms with Crippen molar-refractivity contribution in [3.05, 3.63) is 89.1 Å². The van der Waals surface area contributed by atoms with Crippen LogP contribution in [0.2, 0.25) is 0 Å². The first-order valence-electron chi connectivity index (χ1n) is 12.7. The van der Waals surface area contributed by atoms with Gasteiger partial charge in [-0.2, -0.15) is 8.42 Å². The summed E-state index contributed by atoms with van der Waals surface area (Å²) in [7, 11) is -9.97. The van der Waals surface area contributed by atoms with E-state index in [4.69, 9.17) is 14.4 Å². The molecule has 0 aliphatic carbocycles. The highest BCUT2D eigenvalue weighted by molar-refractivity contribution is 7.85. The average Bonchev–Trinajstić information content (AvgIpc) is 2.81. The number of benzene rings is 2. The second-order valence-corrected chi connectivity index (χ2v) is 11.9. The fraction of sp³-hybridized carbons (Fsp3) is 0.321. The first kappa shape index (κ1) is 32.8. The predicted octanol–water partition coefficient (Wildman–Crippen LogP) is 5.83. The topological polar surface area (TPSA) is 105 Å². The van der Waals surface area contributed by atoms with E-state index < -0.39 is 17.4 Å². The maximum Gasteiger partial charge on any atom is 0.673 e. The molecule has 0 fully saturated rings. The molecule has 0 spiro atoms. The number of nitrogens with one attached hydrogen (secondary N) is 1. The summed E-state index contributed by atoms with van der Waals surface area (Å²) in [5.74, 6) is -0.270. The molecule has 0 saturated carbocycles. The molecule has 1 heterocycles. The van der Waals surface area contributed by atoms with Gasteiger partial charge in [0.25, 0.3) is 10.1 Å². The van der Waals surface area contributed by atoms with E-state index in [1.54, 1.807) is 0 Å². The van der Waals surface area contributed by atoms with Gasteiger partial charge in [-0.3, -0.25) is 4.55 Å². The van der Waals surface area contributed by atoms with E-state index in [9.17, 15) is 25.7 Å². The lowest BCUT2D eigenvalue weighted by Gasteiger charge is -2.18. The van der Waals surface area contributed by atoms with Crippen LogP contribution in [0.5, 0.6) is 0 Å². The quantitative estimate of drug-likeness (QED) is 0.121. The molecule has 218 valence electrons. The fourth-order valence-corrected chi connectivity index (χ4v) is 4.31. The molecule has 0 atom stereocenters. The number of nitrogens with two attached hydrogens (primary N) is 1. The van der Waals surface area contributed by atoms with E-state index in [1.807, 2.05) is 73.0 Å². The number of hydrogen-bond donors (Lipinski definition) is 3. The minimum Gasteiger partial charge on any atom is -0.418 e. The molecule has 3 rings (SSSR count). The fourth-order valence-electron chi connectivity index (χ4n) is 3.80. The van der Waals surface area contributed by atoms with Gasteiger partial charge in [-0.1, -0.05) is 63.3 Å². The molecule has 0 amide bonds. The van der Waals surface area contributed by atoms with E-state index in [0.717, 1.165) is 40.6 Å². The van der Waals surface area contributed by atoms with Crippen molar-refractivity contribution in [1.82, 2.24) is 0 Å². The summed E-state index contributed by atoms with van der Waals surface area (Å²) in [6.07, 6.45) is 10.4. The zero-order chi connectivity index (χ0) is 30.0. The Labute approximate surface area is 232 Å². The van der Waals surface area contributed by atoms with Gasteiger partial charge in [-0.15, -0.1) is 0 Å².